The fraction of sp³-hybridized carbons (Fsp3) is 0.857. The normalized spacial score (nSPS) is 10.5. The van der Waals surface area contributed by atoms with Gasteiger partial charge in [-0.25, -0.2) is 0 Å². The second-order valence-electron chi connectivity index (χ2n) is 4.49. The van der Waals surface area contributed by atoms with Crippen molar-refractivity contribution in [1.82, 2.24) is 0 Å². The zero-order chi connectivity index (χ0) is 12.2. The molecule has 0 N–H and O–H groups in total. The Kier molecular flexibility index (Phi) is 12.9. The molecule has 0 spiro atoms. The van der Waals surface area contributed by atoms with Gasteiger partial charge in [-0.1, -0.05) is 0 Å². The predicted molar refractivity (Wildman–Crippen MR) is 77.2 cm³/mol. The van der Waals surface area contributed by atoms with Crippen LogP contribution in [0.25, 0.3) is 0 Å². The minimum absolute atomic E-state index is 0.712. The van der Waals surface area contributed by atoms with Gasteiger partial charge in [-0.2, -0.15) is 0 Å². The van der Waals surface area contributed by atoms with Gasteiger partial charge < -0.3 is 0 Å². The summed E-state index contributed by atoms with van der Waals surface area (Å²) in [7, 11) is 6.27. The summed E-state index contributed by atoms with van der Waals surface area (Å²) in [5.74, 6) is 0. The molecular weight excluding hydrogens is 322 g/mol. The van der Waals surface area contributed by atoms with Crippen LogP contribution in [-0.4, -0.2) is 20.0 Å². The zero-order valence-electron chi connectivity index (χ0n) is 11.2. The SMILES string of the molecule is CCCCC(CCCC)=[C](CCCC)[Sn][Cl]. The van der Waals surface area contributed by atoms with Crippen molar-refractivity contribution in [2.75, 3.05) is 0 Å². The Morgan fingerprint density at radius 3 is 1.62 bits per heavy atom. The maximum atomic E-state index is 6.27. The van der Waals surface area contributed by atoms with Gasteiger partial charge in [-0.3, -0.25) is 0 Å². The summed E-state index contributed by atoms with van der Waals surface area (Å²) in [4.78, 5) is 0. The third-order valence-electron chi connectivity index (χ3n) is 2.99. The van der Waals surface area contributed by atoms with E-state index in [0.29, 0.717) is 0 Å². The van der Waals surface area contributed by atoms with E-state index in [2.05, 4.69) is 20.8 Å². The molecule has 0 aliphatic heterocycles. The summed E-state index contributed by atoms with van der Waals surface area (Å²) >= 11 is -0.712. The maximum absolute atomic E-state index is 6.27. The van der Waals surface area contributed by atoms with Gasteiger partial charge in [0.1, 0.15) is 0 Å². The van der Waals surface area contributed by atoms with Crippen LogP contribution < -0.4 is 0 Å². The molecule has 0 aliphatic carbocycles. The molecule has 2 heteroatoms. The third kappa shape index (κ3) is 8.00. The molecule has 0 nitrogen and oxygen atoms in total. The minimum atomic E-state index is -0.712. The monoisotopic (exact) mass is 350 g/mol. The number of allylic oxidation sites excluding steroid dienone is 2. The Bertz CT molecular complexity index is 177. The number of hydrogen-bond acceptors (Lipinski definition) is 0. The van der Waals surface area contributed by atoms with E-state index in [4.69, 9.17) is 8.92 Å². The van der Waals surface area contributed by atoms with Crippen molar-refractivity contribution in [2.24, 2.45) is 0 Å². The number of halogens is 1. The molecule has 0 amide bonds. The molecule has 0 heterocycles. The van der Waals surface area contributed by atoms with Crippen LogP contribution in [0, 0.1) is 0 Å². The van der Waals surface area contributed by atoms with E-state index in [1.165, 1.54) is 57.8 Å². The molecule has 0 aromatic carbocycles. The molecule has 0 saturated heterocycles. The van der Waals surface area contributed by atoms with Crippen molar-refractivity contribution in [2.45, 2.75) is 78.6 Å². The number of rotatable bonds is 10. The van der Waals surface area contributed by atoms with Crippen LogP contribution in [0.15, 0.2) is 9.16 Å². The second kappa shape index (κ2) is 12.3. The molecule has 0 aliphatic rings. The summed E-state index contributed by atoms with van der Waals surface area (Å²) in [6.45, 7) is 6.84. The molecule has 0 rings (SSSR count). The van der Waals surface area contributed by atoms with Crippen molar-refractivity contribution < 1.29 is 0 Å². The molecule has 0 fully saturated rings. The Balaban J connectivity index is 4.39. The summed E-state index contributed by atoms with van der Waals surface area (Å²) < 4.78 is 1.72. The van der Waals surface area contributed by atoms with Crippen LogP contribution in [0.3, 0.4) is 0 Å². The summed E-state index contributed by atoms with van der Waals surface area (Å²) in [6.07, 6.45) is 11.9. The molecular formula is C14H27ClSn. The van der Waals surface area contributed by atoms with Gasteiger partial charge in [-0.15, -0.1) is 0 Å². The van der Waals surface area contributed by atoms with E-state index in [0.717, 1.165) is 0 Å². The van der Waals surface area contributed by atoms with Crippen LogP contribution in [-0.2, 0) is 0 Å². The summed E-state index contributed by atoms with van der Waals surface area (Å²) in [5.41, 5.74) is 1.75. The first kappa shape index (κ1) is 16.8. The molecule has 94 valence electrons. The van der Waals surface area contributed by atoms with E-state index in [-0.39, 0.29) is 0 Å². The van der Waals surface area contributed by atoms with Gasteiger partial charge in [0, 0.05) is 0 Å². The fourth-order valence-corrected chi connectivity index (χ4v) is 5.25. The molecule has 0 atom stereocenters. The summed E-state index contributed by atoms with van der Waals surface area (Å²) in [5, 5.41) is 0. The van der Waals surface area contributed by atoms with Crippen LogP contribution in [0.1, 0.15) is 78.6 Å². The van der Waals surface area contributed by atoms with Crippen LogP contribution >= 0.6 is 8.92 Å². The van der Waals surface area contributed by atoms with Gasteiger partial charge in [0.15, 0.2) is 0 Å². The first-order valence-corrected chi connectivity index (χ1v) is 11.9. The van der Waals surface area contributed by atoms with Crippen molar-refractivity contribution in [3.8, 4) is 0 Å². The van der Waals surface area contributed by atoms with E-state index in [1.807, 2.05) is 0 Å². The Hall–Kier alpha value is 0.829. The standard InChI is InChI=1S/C14H27.ClH.Sn/c1-4-7-10-13-14(11-8-5-2)12-9-6-3;;/h4-12H2,1-3H3;1H;/q;;+1/p-1. The van der Waals surface area contributed by atoms with E-state index >= 15 is 0 Å². The molecule has 0 saturated carbocycles. The quantitative estimate of drug-likeness (QED) is 0.446. The average Bonchev–Trinajstić information content (AvgIpc) is 2.32. The second-order valence-corrected chi connectivity index (χ2v) is 8.02. The van der Waals surface area contributed by atoms with Gasteiger partial charge in [0.25, 0.3) is 0 Å². The molecule has 2 radical (unpaired) electrons. The average molecular weight is 350 g/mol. The van der Waals surface area contributed by atoms with Gasteiger partial charge in [-0.05, 0) is 0 Å². The third-order valence-corrected chi connectivity index (χ3v) is 6.89. The first-order chi connectivity index (χ1) is 7.79. The molecule has 0 unspecified atom stereocenters. The Morgan fingerprint density at radius 2 is 1.25 bits per heavy atom. The predicted octanol–water partition coefficient (Wildman–Crippen LogP) is 5.67. The molecule has 0 aromatic heterocycles. The van der Waals surface area contributed by atoms with E-state index in [9.17, 15) is 0 Å². The molecule has 0 bridgehead atoms. The van der Waals surface area contributed by atoms with Gasteiger partial charge in [0.05, 0.1) is 0 Å². The fourth-order valence-electron chi connectivity index (χ4n) is 1.85. The molecule has 0 aromatic rings. The van der Waals surface area contributed by atoms with Crippen molar-refractivity contribution >= 4 is 28.9 Å². The van der Waals surface area contributed by atoms with Crippen LogP contribution in [0.2, 0.25) is 0 Å². The zero-order valence-corrected chi connectivity index (χ0v) is 14.9. The van der Waals surface area contributed by atoms with Gasteiger partial charge >= 0.3 is 117 Å². The van der Waals surface area contributed by atoms with Crippen LogP contribution in [0.5, 0.6) is 0 Å². The van der Waals surface area contributed by atoms with E-state index in [1.54, 1.807) is 9.16 Å². The molecule has 16 heavy (non-hydrogen) atoms. The van der Waals surface area contributed by atoms with Crippen molar-refractivity contribution in [3.63, 3.8) is 0 Å². The van der Waals surface area contributed by atoms with E-state index < -0.39 is 20.0 Å². The number of hydrogen-bond donors (Lipinski definition) is 0. The van der Waals surface area contributed by atoms with Crippen molar-refractivity contribution in [3.05, 3.63) is 9.16 Å². The Morgan fingerprint density at radius 1 is 0.812 bits per heavy atom. The first-order valence-electron chi connectivity index (χ1n) is 6.87. The van der Waals surface area contributed by atoms with Crippen molar-refractivity contribution in [1.29, 1.82) is 0 Å². The number of unbranched alkanes of at least 4 members (excludes halogenated alkanes) is 3. The van der Waals surface area contributed by atoms with Crippen LogP contribution in [0.4, 0.5) is 0 Å². The topological polar surface area (TPSA) is 0 Å². The van der Waals surface area contributed by atoms with Gasteiger partial charge in [0.2, 0.25) is 0 Å². The Labute approximate surface area is 116 Å². The summed E-state index contributed by atoms with van der Waals surface area (Å²) in [6, 6.07) is 0.